The first-order chi connectivity index (χ1) is 11.6. The Morgan fingerprint density at radius 3 is 2.36 bits per heavy atom. The third-order valence-electron chi connectivity index (χ3n) is 3.94. The normalized spacial score (nSPS) is 19.8. The summed E-state index contributed by atoms with van der Waals surface area (Å²) in [4.78, 5) is 12.2. The number of benzene rings is 1. The molecule has 1 aromatic carbocycles. The molecule has 0 saturated heterocycles. The van der Waals surface area contributed by atoms with Crippen molar-refractivity contribution in [1.29, 1.82) is 0 Å². The molecule has 3 nitrogen and oxygen atoms in total. The van der Waals surface area contributed by atoms with Crippen LogP contribution in [0.1, 0.15) is 61.5 Å². The third-order valence-corrected chi connectivity index (χ3v) is 3.94. The van der Waals surface area contributed by atoms with E-state index in [1.54, 1.807) is 6.92 Å². The number of halogens is 3. The Kier molecular flexibility index (Phi) is 7.67. The van der Waals surface area contributed by atoms with E-state index in [9.17, 15) is 18.0 Å². The highest BCUT2D eigenvalue weighted by molar-refractivity contribution is 5.96. The molecular formula is C19H27F3N2O. The highest BCUT2D eigenvalue weighted by atomic mass is 19.4. The average Bonchev–Trinajstić information content (AvgIpc) is 2.90. The van der Waals surface area contributed by atoms with E-state index in [-0.39, 0.29) is 18.0 Å². The SMILES string of the molecule is C=C(C)C.CCc1cc(C(F)(F)F)ccc1C(=O)NC1CCCC1N. The van der Waals surface area contributed by atoms with Gasteiger partial charge in [-0.15, -0.1) is 6.58 Å². The second-order valence-corrected chi connectivity index (χ2v) is 6.61. The summed E-state index contributed by atoms with van der Waals surface area (Å²) in [6, 6.07) is 3.07. The lowest BCUT2D eigenvalue weighted by Gasteiger charge is -2.19. The number of allylic oxidation sites excluding steroid dienone is 1. The molecule has 0 aromatic heterocycles. The fraction of sp³-hybridized carbons (Fsp3) is 0.526. The van der Waals surface area contributed by atoms with Crippen LogP contribution in [0.2, 0.25) is 0 Å². The Morgan fingerprint density at radius 1 is 1.32 bits per heavy atom. The van der Waals surface area contributed by atoms with Gasteiger partial charge in [-0.3, -0.25) is 4.79 Å². The molecule has 1 amide bonds. The molecule has 2 atom stereocenters. The maximum Gasteiger partial charge on any atom is 0.416 e. The summed E-state index contributed by atoms with van der Waals surface area (Å²) in [6.07, 6.45) is -1.40. The predicted octanol–water partition coefficient (Wildman–Crippen LogP) is 4.46. The summed E-state index contributed by atoms with van der Waals surface area (Å²) in [5, 5.41) is 2.83. The highest BCUT2D eigenvalue weighted by Crippen LogP contribution is 2.31. The average molecular weight is 356 g/mol. The summed E-state index contributed by atoms with van der Waals surface area (Å²) < 4.78 is 38.1. The molecule has 1 aromatic rings. The first-order valence-electron chi connectivity index (χ1n) is 8.45. The van der Waals surface area contributed by atoms with Gasteiger partial charge in [0.25, 0.3) is 5.91 Å². The van der Waals surface area contributed by atoms with Crippen LogP contribution in [-0.2, 0) is 12.6 Å². The first-order valence-corrected chi connectivity index (χ1v) is 8.45. The minimum Gasteiger partial charge on any atom is -0.348 e. The molecule has 1 fully saturated rings. The van der Waals surface area contributed by atoms with Crippen LogP contribution in [0, 0.1) is 0 Å². The first kappa shape index (κ1) is 21.2. The van der Waals surface area contributed by atoms with Gasteiger partial charge in [-0.1, -0.05) is 12.5 Å². The number of carbonyl (C=O) groups is 1. The smallest absolute Gasteiger partial charge is 0.348 e. The van der Waals surface area contributed by atoms with Crippen molar-refractivity contribution in [2.45, 2.75) is 64.7 Å². The Hall–Kier alpha value is -1.82. The van der Waals surface area contributed by atoms with Crippen molar-refractivity contribution in [2.75, 3.05) is 0 Å². The second-order valence-electron chi connectivity index (χ2n) is 6.61. The van der Waals surface area contributed by atoms with Crippen LogP contribution in [0.5, 0.6) is 0 Å². The summed E-state index contributed by atoms with van der Waals surface area (Å²) >= 11 is 0. The molecule has 1 aliphatic rings. The van der Waals surface area contributed by atoms with E-state index in [1.807, 2.05) is 13.8 Å². The maximum atomic E-state index is 12.7. The Morgan fingerprint density at radius 2 is 1.92 bits per heavy atom. The van der Waals surface area contributed by atoms with Gasteiger partial charge in [0.05, 0.1) is 5.56 Å². The van der Waals surface area contributed by atoms with Gasteiger partial charge in [0, 0.05) is 17.6 Å². The fourth-order valence-electron chi connectivity index (χ4n) is 2.70. The summed E-state index contributed by atoms with van der Waals surface area (Å²) in [7, 11) is 0. The van der Waals surface area contributed by atoms with Gasteiger partial charge < -0.3 is 11.1 Å². The molecule has 140 valence electrons. The van der Waals surface area contributed by atoms with Gasteiger partial charge in [0.15, 0.2) is 0 Å². The van der Waals surface area contributed by atoms with E-state index >= 15 is 0 Å². The topological polar surface area (TPSA) is 55.1 Å². The minimum absolute atomic E-state index is 0.0755. The molecule has 0 heterocycles. The number of alkyl halides is 3. The van der Waals surface area contributed by atoms with Gasteiger partial charge >= 0.3 is 6.18 Å². The van der Waals surface area contributed by atoms with Crippen LogP contribution < -0.4 is 11.1 Å². The second kappa shape index (κ2) is 9.04. The van der Waals surface area contributed by atoms with Crippen molar-refractivity contribution in [3.8, 4) is 0 Å². The molecule has 3 N–H and O–H groups in total. The maximum absolute atomic E-state index is 12.7. The quantitative estimate of drug-likeness (QED) is 0.786. The Labute approximate surface area is 147 Å². The van der Waals surface area contributed by atoms with E-state index in [2.05, 4.69) is 11.9 Å². The lowest BCUT2D eigenvalue weighted by atomic mass is 10.0. The lowest BCUT2D eigenvalue weighted by molar-refractivity contribution is -0.137. The number of amides is 1. The van der Waals surface area contributed by atoms with Crippen LogP contribution in [0.4, 0.5) is 13.2 Å². The summed E-state index contributed by atoms with van der Waals surface area (Å²) in [6.45, 7) is 9.23. The van der Waals surface area contributed by atoms with E-state index in [0.29, 0.717) is 17.5 Å². The number of carbonyl (C=O) groups excluding carboxylic acids is 1. The van der Waals surface area contributed by atoms with Gasteiger partial charge in [0.2, 0.25) is 0 Å². The zero-order chi connectivity index (χ0) is 19.2. The molecular weight excluding hydrogens is 329 g/mol. The molecule has 0 radical (unpaired) electrons. The summed E-state index contributed by atoms with van der Waals surface area (Å²) in [5.74, 6) is -0.345. The molecule has 25 heavy (non-hydrogen) atoms. The van der Waals surface area contributed by atoms with E-state index < -0.39 is 11.7 Å². The number of hydrogen-bond acceptors (Lipinski definition) is 2. The van der Waals surface area contributed by atoms with Crippen LogP contribution in [0.15, 0.2) is 30.4 Å². The number of rotatable bonds is 3. The minimum atomic E-state index is -4.40. The monoisotopic (exact) mass is 356 g/mol. The number of hydrogen-bond donors (Lipinski definition) is 2. The Balaban J connectivity index is 0.000000705. The number of aryl methyl sites for hydroxylation is 1. The molecule has 0 aliphatic heterocycles. The highest BCUT2D eigenvalue weighted by Gasteiger charge is 2.32. The van der Waals surface area contributed by atoms with Gasteiger partial charge in [-0.05, 0) is 63.3 Å². The van der Waals surface area contributed by atoms with Crippen molar-refractivity contribution in [2.24, 2.45) is 5.73 Å². The van der Waals surface area contributed by atoms with Gasteiger partial charge in [0.1, 0.15) is 0 Å². The molecule has 1 aliphatic carbocycles. The van der Waals surface area contributed by atoms with E-state index in [1.165, 1.54) is 11.6 Å². The number of nitrogens with two attached hydrogens (primary N) is 1. The largest absolute Gasteiger partial charge is 0.416 e. The molecule has 0 bridgehead atoms. The molecule has 6 heteroatoms. The van der Waals surface area contributed by atoms with Crippen molar-refractivity contribution >= 4 is 5.91 Å². The molecule has 2 rings (SSSR count). The standard InChI is InChI=1S/C15H19F3N2O.C4H8/c1-2-9-8-10(15(16,17)18)6-7-11(9)14(21)20-13-5-3-4-12(13)19;1-4(2)3/h6-8,12-13H,2-5,19H2,1H3,(H,20,21);1H2,2-3H3. The van der Waals surface area contributed by atoms with Crippen molar-refractivity contribution in [3.05, 3.63) is 47.0 Å². The fourth-order valence-corrected chi connectivity index (χ4v) is 2.70. The molecule has 0 spiro atoms. The van der Waals surface area contributed by atoms with Crippen molar-refractivity contribution < 1.29 is 18.0 Å². The van der Waals surface area contributed by atoms with Gasteiger partial charge in [-0.2, -0.15) is 13.2 Å². The molecule has 1 saturated carbocycles. The molecule has 2 unspecified atom stereocenters. The zero-order valence-corrected chi connectivity index (χ0v) is 15.0. The van der Waals surface area contributed by atoms with E-state index in [4.69, 9.17) is 5.73 Å². The van der Waals surface area contributed by atoms with Crippen LogP contribution in [0.25, 0.3) is 0 Å². The summed E-state index contributed by atoms with van der Waals surface area (Å²) in [5.41, 5.74) is 7.03. The predicted molar refractivity (Wildman–Crippen MR) is 94.4 cm³/mol. The van der Waals surface area contributed by atoms with Gasteiger partial charge in [-0.25, -0.2) is 0 Å². The van der Waals surface area contributed by atoms with Crippen LogP contribution >= 0.6 is 0 Å². The lowest BCUT2D eigenvalue weighted by Crippen LogP contribution is -2.44. The van der Waals surface area contributed by atoms with Crippen molar-refractivity contribution in [3.63, 3.8) is 0 Å². The van der Waals surface area contributed by atoms with Crippen LogP contribution in [-0.4, -0.2) is 18.0 Å². The third kappa shape index (κ3) is 6.53. The van der Waals surface area contributed by atoms with Crippen LogP contribution in [0.3, 0.4) is 0 Å². The zero-order valence-electron chi connectivity index (χ0n) is 15.0. The van der Waals surface area contributed by atoms with E-state index in [0.717, 1.165) is 31.4 Å². The Bertz CT molecular complexity index is 607. The van der Waals surface area contributed by atoms with Crippen molar-refractivity contribution in [1.82, 2.24) is 5.32 Å². The number of nitrogens with one attached hydrogen (secondary N) is 1.